The number of nitrogens with two attached hydrogens (primary N) is 1. The summed E-state index contributed by atoms with van der Waals surface area (Å²) in [5.41, 5.74) is 5.76. The standard InChI is InChI=1S/C11H20N4/c1-14-10(12)8-13-11(14)9-15-6-4-2-3-5-7-15/h8H,2-7,9,12H2,1H3. The molecule has 1 aromatic rings. The van der Waals surface area contributed by atoms with Crippen molar-refractivity contribution in [2.75, 3.05) is 18.8 Å². The molecule has 84 valence electrons. The Kier molecular flexibility index (Phi) is 3.26. The van der Waals surface area contributed by atoms with E-state index in [0.29, 0.717) is 0 Å². The Morgan fingerprint density at radius 3 is 2.47 bits per heavy atom. The van der Waals surface area contributed by atoms with Gasteiger partial charge in [-0.05, 0) is 25.9 Å². The van der Waals surface area contributed by atoms with E-state index in [4.69, 9.17) is 5.73 Å². The molecule has 0 atom stereocenters. The lowest BCUT2D eigenvalue weighted by atomic mass is 10.2. The van der Waals surface area contributed by atoms with Crippen molar-refractivity contribution in [2.45, 2.75) is 32.2 Å². The zero-order valence-electron chi connectivity index (χ0n) is 9.45. The van der Waals surface area contributed by atoms with Crippen LogP contribution in [0, 0.1) is 0 Å². The zero-order valence-corrected chi connectivity index (χ0v) is 9.45. The van der Waals surface area contributed by atoms with E-state index in [2.05, 4.69) is 9.88 Å². The first-order valence-electron chi connectivity index (χ1n) is 5.76. The number of nitrogen functional groups attached to an aromatic ring is 1. The van der Waals surface area contributed by atoms with Gasteiger partial charge in [0.25, 0.3) is 0 Å². The topological polar surface area (TPSA) is 47.1 Å². The van der Waals surface area contributed by atoms with Gasteiger partial charge in [0.15, 0.2) is 0 Å². The fourth-order valence-electron chi connectivity index (χ4n) is 2.10. The maximum atomic E-state index is 5.76. The highest BCUT2D eigenvalue weighted by atomic mass is 15.2. The SMILES string of the molecule is Cn1c(N)cnc1CN1CCCCCC1. The van der Waals surface area contributed by atoms with Crippen LogP contribution in [0.4, 0.5) is 5.82 Å². The van der Waals surface area contributed by atoms with Gasteiger partial charge < -0.3 is 10.3 Å². The molecule has 0 aliphatic carbocycles. The van der Waals surface area contributed by atoms with Crippen LogP contribution in [0.3, 0.4) is 0 Å². The minimum Gasteiger partial charge on any atom is -0.384 e. The molecule has 1 fully saturated rings. The predicted octanol–water partition coefficient (Wildman–Crippen LogP) is 1.38. The van der Waals surface area contributed by atoms with Gasteiger partial charge >= 0.3 is 0 Å². The van der Waals surface area contributed by atoms with Gasteiger partial charge in [0, 0.05) is 7.05 Å². The highest BCUT2D eigenvalue weighted by molar-refractivity contribution is 5.27. The van der Waals surface area contributed by atoms with Gasteiger partial charge in [-0.15, -0.1) is 0 Å². The van der Waals surface area contributed by atoms with Gasteiger partial charge in [0.2, 0.25) is 0 Å². The van der Waals surface area contributed by atoms with Gasteiger partial charge in [-0.2, -0.15) is 0 Å². The predicted molar refractivity (Wildman–Crippen MR) is 61.4 cm³/mol. The van der Waals surface area contributed by atoms with Crippen LogP contribution in [0.25, 0.3) is 0 Å². The summed E-state index contributed by atoms with van der Waals surface area (Å²) in [4.78, 5) is 6.82. The second-order valence-electron chi connectivity index (χ2n) is 4.35. The van der Waals surface area contributed by atoms with Crippen molar-refractivity contribution in [1.82, 2.24) is 14.5 Å². The molecule has 0 saturated carbocycles. The summed E-state index contributed by atoms with van der Waals surface area (Å²) in [7, 11) is 1.98. The Labute approximate surface area is 91.1 Å². The molecule has 0 aromatic carbocycles. The number of imidazole rings is 1. The molecule has 0 radical (unpaired) electrons. The summed E-state index contributed by atoms with van der Waals surface area (Å²) in [6.07, 6.45) is 7.13. The first kappa shape index (κ1) is 10.5. The van der Waals surface area contributed by atoms with E-state index in [-0.39, 0.29) is 0 Å². The van der Waals surface area contributed by atoms with Crippen LogP contribution in [0.15, 0.2) is 6.20 Å². The third kappa shape index (κ3) is 2.50. The maximum Gasteiger partial charge on any atom is 0.124 e. The van der Waals surface area contributed by atoms with E-state index < -0.39 is 0 Å². The van der Waals surface area contributed by atoms with Crippen molar-refractivity contribution >= 4 is 5.82 Å². The van der Waals surface area contributed by atoms with Gasteiger partial charge in [-0.3, -0.25) is 4.90 Å². The Morgan fingerprint density at radius 2 is 1.93 bits per heavy atom. The molecule has 1 saturated heterocycles. The van der Waals surface area contributed by atoms with Gasteiger partial charge in [-0.1, -0.05) is 12.8 Å². The second-order valence-corrected chi connectivity index (χ2v) is 4.35. The van der Waals surface area contributed by atoms with Crippen LogP contribution in [0.5, 0.6) is 0 Å². The summed E-state index contributed by atoms with van der Waals surface area (Å²) in [6.45, 7) is 3.34. The van der Waals surface area contributed by atoms with Crippen molar-refractivity contribution < 1.29 is 0 Å². The van der Waals surface area contributed by atoms with Gasteiger partial charge in [0.1, 0.15) is 11.6 Å². The number of nitrogens with zero attached hydrogens (tertiary/aromatic N) is 3. The fraction of sp³-hybridized carbons (Fsp3) is 0.727. The van der Waals surface area contributed by atoms with E-state index in [1.165, 1.54) is 38.8 Å². The Balaban J connectivity index is 1.98. The number of aromatic nitrogens is 2. The Hall–Kier alpha value is -1.03. The number of hydrogen-bond donors (Lipinski definition) is 1. The minimum atomic E-state index is 0.750. The van der Waals surface area contributed by atoms with Crippen LogP contribution in [0.2, 0.25) is 0 Å². The lowest BCUT2D eigenvalue weighted by Crippen LogP contribution is -2.25. The molecule has 0 amide bonds. The average molecular weight is 208 g/mol. The van der Waals surface area contributed by atoms with E-state index in [1.54, 1.807) is 6.20 Å². The highest BCUT2D eigenvalue weighted by Crippen LogP contribution is 2.13. The lowest BCUT2D eigenvalue weighted by Gasteiger charge is -2.19. The van der Waals surface area contributed by atoms with Gasteiger partial charge in [-0.25, -0.2) is 4.98 Å². The second kappa shape index (κ2) is 4.66. The molecule has 2 N–H and O–H groups in total. The number of anilines is 1. The van der Waals surface area contributed by atoms with E-state index >= 15 is 0 Å². The largest absolute Gasteiger partial charge is 0.384 e. The van der Waals surface area contributed by atoms with Crippen LogP contribution in [-0.4, -0.2) is 27.5 Å². The molecule has 2 heterocycles. The summed E-state index contributed by atoms with van der Waals surface area (Å²) >= 11 is 0. The van der Waals surface area contributed by atoms with Crippen LogP contribution in [-0.2, 0) is 13.6 Å². The molecule has 1 aliphatic rings. The molecule has 4 heteroatoms. The van der Waals surface area contributed by atoms with Crippen LogP contribution in [0.1, 0.15) is 31.5 Å². The first-order valence-corrected chi connectivity index (χ1v) is 5.76. The van der Waals surface area contributed by atoms with E-state index in [1.807, 2.05) is 11.6 Å². The summed E-state index contributed by atoms with van der Waals surface area (Å²) < 4.78 is 1.98. The monoisotopic (exact) mass is 208 g/mol. The number of likely N-dealkylation sites (tertiary alicyclic amines) is 1. The molecular weight excluding hydrogens is 188 g/mol. The van der Waals surface area contributed by atoms with Crippen LogP contribution >= 0.6 is 0 Å². The maximum absolute atomic E-state index is 5.76. The lowest BCUT2D eigenvalue weighted by molar-refractivity contribution is 0.267. The van der Waals surface area contributed by atoms with Crippen molar-refractivity contribution in [3.8, 4) is 0 Å². The summed E-state index contributed by atoms with van der Waals surface area (Å²) in [6, 6.07) is 0. The van der Waals surface area contributed by atoms with Crippen molar-refractivity contribution in [3.63, 3.8) is 0 Å². The summed E-state index contributed by atoms with van der Waals surface area (Å²) in [5, 5.41) is 0. The van der Waals surface area contributed by atoms with Crippen molar-refractivity contribution in [3.05, 3.63) is 12.0 Å². The smallest absolute Gasteiger partial charge is 0.124 e. The Bertz CT molecular complexity index is 310. The molecular formula is C11H20N4. The summed E-state index contributed by atoms with van der Waals surface area (Å²) in [5.74, 6) is 1.83. The Morgan fingerprint density at radius 1 is 1.27 bits per heavy atom. The number of rotatable bonds is 2. The third-order valence-electron chi connectivity index (χ3n) is 3.18. The average Bonchev–Trinajstić information content (AvgIpc) is 2.50. The number of hydrogen-bond acceptors (Lipinski definition) is 3. The molecule has 1 aliphatic heterocycles. The molecule has 2 rings (SSSR count). The van der Waals surface area contributed by atoms with Gasteiger partial charge in [0.05, 0.1) is 12.7 Å². The third-order valence-corrected chi connectivity index (χ3v) is 3.18. The fourth-order valence-corrected chi connectivity index (χ4v) is 2.10. The molecule has 0 bridgehead atoms. The molecule has 0 unspecified atom stereocenters. The molecule has 15 heavy (non-hydrogen) atoms. The molecule has 0 spiro atoms. The van der Waals surface area contributed by atoms with Crippen molar-refractivity contribution in [1.29, 1.82) is 0 Å². The molecule has 4 nitrogen and oxygen atoms in total. The van der Waals surface area contributed by atoms with E-state index in [0.717, 1.165) is 18.2 Å². The molecule has 1 aromatic heterocycles. The quantitative estimate of drug-likeness (QED) is 0.798. The van der Waals surface area contributed by atoms with E-state index in [9.17, 15) is 0 Å². The normalized spacial score (nSPS) is 19.0. The highest BCUT2D eigenvalue weighted by Gasteiger charge is 2.12. The zero-order chi connectivity index (χ0) is 10.7. The van der Waals surface area contributed by atoms with Crippen molar-refractivity contribution in [2.24, 2.45) is 7.05 Å². The minimum absolute atomic E-state index is 0.750. The first-order chi connectivity index (χ1) is 7.27. The van der Waals surface area contributed by atoms with Crippen LogP contribution < -0.4 is 5.73 Å².